The van der Waals surface area contributed by atoms with E-state index in [-0.39, 0.29) is 22.8 Å². The second-order valence-electron chi connectivity index (χ2n) is 6.62. The minimum atomic E-state index is -0.633. The van der Waals surface area contributed by atoms with Gasteiger partial charge in [0, 0.05) is 11.8 Å². The van der Waals surface area contributed by atoms with Crippen LogP contribution in [0.3, 0.4) is 0 Å². The van der Waals surface area contributed by atoms with Crippen LogP contribution in [0.15, 0.2) is 71.3 Å². The van der Waals surface area contributed by atoms with E-state index >= 15 is 0 Å². The van der Waals surface area contributed by atoms with Crippen LogP contribution in [0, 0.1) is 17.0 Å². The van der Waals surface area contributed by atoms with Crippen LogP contribution in [0.25, 0.3) is 17.1 Å². The summed E-state index contributed by atoms with van der Waals surface area (Å²) in [6.07, 6.45) is 1.59. The zero-order valence-electron chi connectivity index (χ0n) is 16.2. The first kappa shape index (κ1) is 19.1. The number of hydrogen-bond donors (Lipinski definition) is 0. The zero-order valence-corrected chi connectivity index (χ0v) is 16.2. The number of furan rings is 1. The largest absolute Gasteiger partial charge is 0.497 e. The van der Waals surface area contributed by atoms with Gasteiger partial charge in [0.1, 0.15) is 16.4 Å². The highest BCUT2D eigenvalue weighted by Gasteiger charge is 2.24. The van der Waals surface area contributed by atoms with E-state index in [1.165, 1.54) is 16.8 Å². The van der Waals surface area contributed by atoms with Crippen LogP contribution >= 0.6 is 0 Å². The average Bonchev–Trinajstić information content (AvgIpc) is 3.41. The second-order valence-corrected chi connectivity index (χ2v) is 6.62. The molecule has 0 amide bonds. The van der Waals surface area contributed by atoms with E-state index in [0.29, 0.717) is 17.0 Å². The summed E-state index contributed by atoms with van der Waals surface area (Å²) in [6, 6.07) is 17.0. The SMILES string of the molecule is COc1ccc(-n2cc(C(=O)c3ccc(C)cc3)c(-c3ccc([N+](=O)[O-])o3)n2)cc1. The van der Waals surface area contributed by atoms with E-state index in [1.54, 1.807) is 49.7 Å². The van der Waals surface area contributed by atoms with Gasteiger partial charge in [0.05, 0.1) is 24.4 Å². The summed E-state index contributed by atoms with van der Waals surface area (Å²) in [7, 11) is 1.57. The number of ether oxygens (including phenoxy) is 1. The third-order valence-electron chi connectivity index (χ3n) is 4.61. The molecule has 0 N–H and O–H groups in total. The minimum Gasteiger partial charge on any atom is -0.497 e. The highest BCUT2D eigenvalue weighted by molar-refractivity contribution is 6.12. The topological polar surface area (TPSA) is 100 Å². The molecule has 0 radical (unpaired) electrons. The van der Waals surface area contributed by atoms with Crippen molar-refractivity contribution in [1.82, 2.24) is 9.78 Å². The van der Waals surface area contributed by atoms with E-state index in [4.69, 9.17) is 9.15 Å². The maximum absolute atomic E-state index is 13.2. The molecule has 4 aromatic rings. The highest BCUT2D eigenvalue weighted by atomic mass is 16.6. The first-order valence-electron chi connectivity index (χ1n) is 9.06. The van der Waals surface area contributed by atoms with Crippen LogP contribution in [-0.4, -0.2) is 27.6 Å². The number of benzene rings is 2. The van der Waals surface area contributed by atoms with Crippen LogP contribution in [-0.2, 0) is 0 Å². The summed E-state index contributed by atoms with van der Waals surface area (Å²) in [5, 5.41) is 15.5. The predicted molar refractivity (Wildman–Crippen MR) is 109 cm³/mol. The first-order chi connectivity index (χ1) is 14.5. The summed E-state index contributed by atoms with van der Waals surface area (Å²) in [5.74, 6) is 0.148. The van der Waals surface area contributed by atoms with E-state index in [2.05, 4.69) is 5.10 Å². The lowest BCUT2D eigenvalue weighted by Crippen LogP contribution is -2.01. The number of methoxy groups -OCH3 is 1. The number of hydrogen-bond acceptors (Lipinski definition) is 6. The number of carbonyl (C=O) groups is 1. The minimum absolute atomic E-state index is 0.143. The van der Waals surface area contributed by atoms with E-state index in [1.807, 2.05) is 19.1 Å². The summed E-state index contributed by atoms with van der Waals surface area (Å²) in [6.45, 7) is 1.93. The summed E-state index contributed by atoms with van der Waals surface area (Å²) >= 11 is 0. The molecule has 8 heteroatoms. The number of nitro groups is 1. The Hall–Kier alpha value is -4.20. The lowest BCUT2D eigenvalue weighted by molar-refractivity contribution is -0.401. The van der Waals surface area contributed by atoms with Crippen LogP contribution in [0.5, 0.6) is 5.75 Å². The van der Waals surface area contributed by atoms with Crippen molar-refractivity contribution in [3.63, 3.8) is 0 Å². The monoisotopic (exact) mass is 403 g/mol. The van der Waals surface area contributed by atoms with Gasteiger partial charge in [-0.2, -0.15) is 5.10 Å². The standard InChI is InChI=1S/C22H17N3O5/c1-14-3-5-15(6-4-14)22(26)18-13-24(16-7-9-17(29-2)10-8-16)23-21(18)19-11-12-20(30-19)25(27)28/h3-13H,1-2H3. The Morgan fingerprint density at radius 2 is 1.77 bits per heavy atom. The van der Waals surface area contributed by atoms with Gasteiger partial charge in [0.25, 0.3) is 0 Å². The maximum atomic E-state index is 13.2. The molecular weight excluding hydrogens is 386 g/mol. The summed E-state index contributed by atoms with van der Waals surface area (Å²) < 4.78 is 12.0. The van der Waals surface area contributed by atoms with Gasteiger partial charge in [0.2, 0.25) is 0 Å². The Kier molecular flexibility index (Phi) is 4.89. The van der Waals surface area contributed by atoms with Crippen molar-refractivity contribution in [2.45, 2.75) is 6.92 Å². The van der Waals surface area contributed by atoms with Gasteiger partial charge >= 0.3 is 5.88 Å². The fourth-order valence-electron chi connectivity index (χ4n) is 3.00. The van der Waals surface area contributed by atoms with Gasteiger partial charge in [-0.15, -0.1) is 0 Å². The lowest BCUT2D eigenvalue weighted by atomic mass is 10.0. The van der Waals surface area contributed by atoms with Gasteiger partial charge in [-0.3, -0.25) is 14.9 Å². The number of nitrogens with zero attached hydrogens (tertiary/aromatic N) is 3. The Bertz CT molecular complexity index is 1220. The van der Waals surface area contributed by atoms with Crippen LogP contribution in [0.1, 0.15) is 21.5 Å². The van der Waals surface area contributed by atoms with Crippen LogP contribution in [0.4, 0.5) is 5.88 Å². The Balaban J connectivity index is 1.83. The number of aromatic nitrogens is 2. The third kappa shape index (κ3) is 3.58. The Morgan fingerprint density at radius 3 is 2.37 bits per heavy atom. The maximum Gasteiger partial charge on any atom is 0.433 e. The Morgan fingerprint density at radius 1 is 1.07 bits per heavy atom. The zero-order chi connectivity index (χ0) is 21.3. The molecule has 30 heavy (non-hydrogen) atoms. The molecular formula is C22H17N3O5. The second kappa shape index (κ2) is 7.67. The van der Waals surface area contributed by atoms with Gasteiger partial charge < -0.3 is 9.15 Å². The van der Waals surface area contributed by atoms with Crippen molar-refractivity contribution in [2.75, 3.05) is 7.11 Å². The van der Waals surface area contributed by atoms with Crippen molar-refractivity contribution in [3.05, 3.63) is 93.7 Å². The molecule has 0 bridgehead atoms. The van der Waals surface area contributed by atoms with Gasteiger partial charge in [0.15, 0.2) is 11.5 Å². The van der Waals surface area contributed by atoms with E-state index < -0.39 is 10.8 Å². The Labute approximate surface area is 171 Å². The molecule has 2 heterocycles. The molecule has 2 aromatic carbocycles. The molecule has 150 valence electrons. The highest BCUT2D eigenvalue weighted by Crippen LogP contribution is 2.30. The normalized spacial score (nSPS) is 10.7. The molecule has 0 saturated carbocycles. The predicted octanol–water partition coefficient (Wildman–Crippen LogP) is 4.59. The van der Waals surface area contributed by atoms with Crippen molar-refractivity contribution in [2.24, 2.45) is 0 Å². The van der Waals surface area contributed by atoms with Crippen LogP contribution in [0.2, 0.25) is 0 Å². The summed E-state index contributed by atoms with van der Waals surface area (Å²) in [4.78, 5) is 23.6. The van der Waals surface area contributed by atoms with Crippen molar-refractivity contribution >= 4 is 11.7 Å². The molecule has 8 nitrogen and oxygen atoms in total. The average molecular weight is 403 g/mol. The van der Waals surface area contributed by atoms with Gasteiger partial charge in [-0.1, -0.05) is 29.8 Å². The van der Waals surface area contributed by atoms with Crippen molar-refractivity contribution in [3.8, 4) is 22.9 Å². The summed E-state index contributed by atoms with van der Waals surface area (Å²) in [5.41, 5.74) is 2.71. The molecule has 4 rings (SSSR count). The number of ketones is 1. The molecule has 0 atom stereocenters. The molecule has 0 saturated heterocycles. The van der Waals surface area contributed by atoms with Gasteiger partial charge in [-0.05, 0) is 37.3 Å². The molecule has 0 fully saturated rings. The molecule has 0 aliphatic rings. The number of rotatable bonds is 6. The van der Waals surface area contributed by atoms with Crippen LogP contribution < -0.4 is 4.74 Å². The fourth-order valence-corrected chi connectivity index (χ4v) is 3.00. The molecule has 0 aliphatic carbocycles. The molecule has 0 aliphatic heterocycles. The quantitative estimate of drug-likeness (QED) is 0.265. The lowest BCUT2D eigenvalue weighted by Gasteiger charge is -2.03. The van der Waals surface area contributed by atoms with Gasteiger partial charge in [-0.25, -0.2) is 4.68 Å². The smallest absolute Gasteiger partial charge is 0.433 e. The number of carbonyl (C=O) groups excluding carboxylic acids is 1. The number of aryl methyl sites for hydroxylation is 1. The molecule has 2 aromatic heterocycles. The molecule has 0 spiro atoms. The third-order valence-corrected chi connectivity index (χ3v) is 4.61. The van der Waals surface area contributed by atoms with E-state index in [0.717, 1.165) is 5.56 Å². The van der Waals surface area contributed by atoms with E-state index in [9.17, 15) is 14.9 Å². The molecule has 0 unspecified atom stereocenters. The van der Waals surface area contributed by atoms with Crippen molar-refractivity contribution < 1.29 is 18.9 Å². The van der Waals surface area contributed by atoms with Crippen molar-refractivity contribution in [1.29, 1.82) is 0 Å². The first-order valence-corrected chi connectivity index (χ1v) is 9.06. The fraction of sp³-hybridized carbons (Fsp3) is 0.0909.